The van der Waals surface area contributed by atoms with E-state index in [1.807, 2.05) is 0 Å². The number of carbonyl (C=O) groups is 1. The molecule has 2 N–H and O–H groups in total. The van der Waals surface area contributed by atoms with E-state index in [-0.39, 0.29) is 18.8 Å². The lowest BCUT2D eigenvalue weighted by atomic mass is 10.2. The third-order valence-electron chi connectivity index (χ3n) is 3.05. The molecule has 0 atom stereocenters. The Kier molecular flexibility index (Phi) is 6.75. The number of hydrogen-bond donors (Lipinski definition) is 2. The molecule has 0 spiro atoms. The first kappa shape index (κ1) is 19.5. The number of anilines is 1. The molecule has 0 bridgehead atoms. The van der Waals surface area contributed by atoms with Gasteiger partial charge in [-0.15, -0.1) is 0 Å². The first-order valence-corrected chi connectivity index (χ1v) is 7.79. The van der Waals surface area contributed by atoms with Gasteiger partial charge in [-0.3, -0.25) is 0 Å². The average Bonchev–Trinajstić information content (AvgIpc) is 2.59. The summed E-state index contributed by atoms with van der Waals surface area (Å²) in [4.78, 5) is 11.7. The summed E-state index contributed by atoms with van der Waals surface area (Å²) < 4.78 is 43.2. The van der Waals surface area contributed by atoms with Gasteiger partial charge in [0.2, 0.25) is 0 Å². The number of halogens is 4. The second kappa shape index (κ2) is 9.02. The summed E-state index contributed by atoms with van der Waals surface area (Å²) in [6.07, 6.45) is -4.47. The topological polar surface area (TPSA) is 50.4 Å². The number of carbonyl (C=O) groups excluding carboxylic acids is 1. The van der Waals surface area contributed by atoms with Crippen LogP contribution in [0.3, 0.4) is 0 Å². The molecule has 136 valence electrons. The average molecular weight is 383 g/mol. The minimum absolute atomic E-state index is 0.0106. The number of benzene rings is 2. The van der Waals surface area contributed by atoms with E-state index in [0.717, 1.165) is 12.1 Å². The van der Waals surface area contributed by atoms with Gasteiger partial charge in [-0.2, -0.15) is 13.2 Å². The van der Waals surface area contributed by atoms with Gasteiger partial charge in [0.05, 0.1) is 17.1 Å². The van der Waals surface area contributed by atoms with Crippen LogP contribution in [-0.4, -0.2) is 19.2 Å². The Bertz CT molecular complexity index is 829. The number of amides is 2. The molecule has 26 heavy (non-hydrogen) atoms. The van der Waals surface area contributed by atoms with E-state index < -0.39 is 17.8 Å². The van der Waals surface area contributed by atoms with Crippen molar-refractivity contribution in [2.24, 2.45) is 0 Å². The fraction of sp³-hybridized carbons (Fsp3) is 0.167. The predicted octanol–water partition coefficient (Wildman–Crippen LogP) is 4.56. The molecule has 0 saturated heterocycles. The normalized spacial score (nSPS) is 10.5. The van der Waals surface area contributed by atoms with Crippen molar-refractivity contribution in [1.29, 1.82) is 0 Å². The summed E-state index contributed by atoms with van der Waals surface area (Å²) >= 11 is 5.91. The first-order valence-electron chi connectivity index (χ1n) is 7.41. The molecule has 2 rings (SSSR count). The number of para-hydroxylation sites is 1. The lowest BCUT2D eigenvalue weighted by molar-refractivity contribution is -0.137. The number of urea groups is 1. The zero-order chi connectivity index (χ0) is 19.0. The van der Waals surface area contributed by atoms with Crippen LogP contribution < -0.4 is 15.4 Å². The van der Waals surface area contributed by atoms with E-state index in [4.69, 9.17) is 16.3 Å². The fourth-order valence-electron chi connectivity index (χ4n) is 1.86. The van der Waals surface area contributed by atoms with Crippen LogP contribution in [0.2, 0.25) is 5.02 Å². The van der Waals surface area contributed by atoms with Gasteiger partial charge in [-0.05, 0) is 30.3 Å². The van der Waals surface area contributed by atoms with Crippen molar-refractivity contribution in [2.75, 3.05) is 18.5 Å². The highest BCUT2D eigenvalue weighted by atomic mass is 35.5. The highest BCUT2D eigenvalue weighted by Crippen LogP contribution is 2.30. The maximum Gasteiger partial charge on any atom is 0.416 e. The second-order valence-electron chi connectivity index (χ2n) is 4.96. The Hall–Kier alpha value is -2.85. The Morgan fingerprint density at radius 3 is 2.62 bits per heavy atom. The highest BCUT2D eigenvalue weighted by molar-refractivity contribution is 6.32. The van der Waals surface area contributed by atoms with Crippen LogP contribution >= 0.6 is 11.6 Å². The molecule has 4 nitrogen and oxygen atoms in total. The van der Waals surface area contributed by atoms with Crippen LogP contribution in [0.1, 0.15) is 5.56 Å². The largest absolute Gasteiger partial charge is 0.479 e. The summed E-state index contributed by atoms with van der Waals surface area (Å²) in [5.41, 5.74) is -0.806. The zero-order valence-corrected chi connectivity index (χ0v) is 14.1. The molecule has 0 aliphatic heterocycles. The van der Waals surface area contributed by atoms with Crippen molar-refractivity contribution in [2.45, 2.75) is 6.18 Å². The van der Waals surface area contributed by atoms with E-state index in [9.17, 15) is 18.0 Å². The Morgan fingerprint density at radius 2 is 1.88 bits per heavy atom. The molecular weight excluding hydrogens is 369 g/mol. The van der Waals surface area contributed by atoms with Crippen molar-refractivity contribution in [3.63, 3.8) is 0 Å². The molecule has 0 fully saturated rings. The van der Waals surface area contributed by atoms with E-state index >= 15 is 0 Å². The summed E-state index contributed by atoms with van der Waals surface area (Å²) in [6, 6.07) is 10.6. The number of ether oxygens (including phenoxy) is 1. The highest BCUT2D eigenvalue weighted by Gasteiger charge is 2.30. The SMILES string of the molecule is O=C(NCC#CCOc1ccccc1Cl)Nc1cccc(C(F)(F)F)c1. The van der Waals surface area contributed by atoms with Crippen molar-refractivity contribution in [1.82, 2.24) is 5.32 Å². The Morgan fingerprint density at radius 1 is 1.12 bits per heavy atom. The summed E-state index contributed by atoms with van der Waals surface area (Å²) in [6.45, 7) is 0.0946. The van der Waals surface area contributed by atoms with E-state index in [0.29, 0.717) is 10.8 Å². The number of hydrogen-bond acceptors (Lipinski definition) is 2. The Labute approximate surface area is 153 Å². The van der Waals surface area contributed by atoms with Crippen LogP contribution in [-0.2, 0) is 6.18 Å². The number of nitrogens with one attached hydrogen (secondary N) is 2. The molecule has 8 heteroatoms. The molecule has 0 unspecified atom stereocenters. The predicted molar refractivity (Wildman–Crippen MR) is 93.2 cm³/mol. The van der Waals surface area contributed by atoms with Crippen molar-refractivity contribution >= 4 is 23.3 Å². The molecule has 2 amide bonds. The van der Waals surface area contributed by atoms with Crippen LogP contribution in [0, 0.1) is 11.8 Å². The third kappa shape index (κ3) is 6.22. The van der Waals surface area contributed by atoms with Crippen LogP contribution in [0.15, 0.2) is 48.5 Å². The maximum atomic E-state index is 12.6. The molecule has 0 heterocycles. The van der Waals surface area contributed by atoms with Crippen molar-refractivity contribution < 1.29 is 22.7 Å². The number of alkyl halides is 3. The van der Waals surface area contributed by atoms with Gasteiger partial charge in [-0.1, -0.05) is 41.6 Å². The summed E-state index contributed by atoms with van der Waals surface area (Å²) in [7, 11) is 0. The monoisotopic (exact) mass is 382 g/mol. The zero-order valence-electron chi connectivity index (χ0n) is 13.4. The molecule has 0 aromatic heterocycles. The molecule has 2 aromatic carbocycles. The maximum absolute atomic E-state index is 12.6. The number of rotatable bonds is 4. The van der Waals surface area contributed by atoms with Crippen molar-refractivity contribution in [3.8, 4) is 17.6 Å². The van der Waals surface area contributed by atoms with Gasteiger partial charge in [0, 0.05) is 5.69 Å². The van der Waals surface area contributed by atoms with E-state index in [1.165, 1.54) is 12.1 Å². The quantitative estimate of drug-likeness (QED) is 0.761. The molecule has 0 aliphatic carbocycles. The molecule has 2 aromatic rings. The molecule has 0 saturated carbocycles. The smallest absolute Gasteiger partial charge is 0.416 e. The Balaban J connectivity index is 1.75. The van der Waals surface area contributed by atoms with Crippen molar-refractivity contribution in [3.05, 3.63) is 59.1 Å². The summed E-state index contributed by atoms with van der Waals surface area (Å²) in [5.74, 6) is 5.84. The minimum Gasteiger partial charge on any atom is -0.479 e. The first-order chi connectivity index (χ1) is 12.4. The van der Waals surface area contributed by atoms with Gasteiger partial charge >= 0.3 is 12.2 Å². The van der Waals surface area contributed by atoms with Crippen LogP contribution in [0.5, 0.6) is 5.75 Å². The molecule has 0 aliphatic rings. The van der Waals surface area contributed by atoms with Gasteiger partial charge in [0.25, 0.3) is 0 Å². The van der Waals surface area contributed by atoms with Crippen LogP contribution in [0.25, 0.3) is 0 Å². The summed E-state index contributed by atoms with van der Waals surface area (Å²) in [5, 5.41) is 5.19. The standard InChI is InChI=1S/C18H14ClF3N2O2/c19-15-8-1-2-9-16(15)26-11-4-3-10-23-17(25)24-14-7-5-6-13(12-14)18(20,21)22/h1-2,5-9,12H,10-11H2,(H2,23,24,25). The van der Waals surface area contributed by atoms with Gasteiger partial charge in [0.1, 0.15) is 12.4 Å². The fourth-order valence-corrected chi connectivity index (χ4v) is 2.05. The second-order valence-corrected chi connectivity index (χ2v) is 5.37. The van der Waals surface area contributed by atoms with E-state index in [2.05, 4.69) is 22.5 Å². The van der Waals surface area contributed by atoms with Gasteiger partial charge < -0.3 is 15.4 Å². The lowest BCUT2D eigenvalue weighted by Gasteiger charge is -2.09. The van der Waals surface area contributed by atoms with Gasteiger partial charge in [0.15, 0.2) is 0 Å². The molecular formula is C18H14ClF3N2O2. The van der Waals surface area contributed by atoms with Gasteiger partial charge in [-0.25, -0.2) is 4.79 Å². The van der Waals surface area contributed by atoms with Crippen LogP contribution in [0.4, 0.5) is 23.7 Å². The minimum atomic E-state index is -4.47. The molecule has 0 radical (unpaired) electrons. The lowest BCUT2D eigenvalue weighted by Crippen LogP contribution is -2.29. The third-order valence-corrected chi connectivity index (χ3v) is 3.36. The van der Waals surface area contributed by atoms with E-state index in [1.54, 1.807) is 24.3 Å².